The van der Waals surface area contributed by atoms with Crippen LogP contribution in [-0.2, 0) is 0 Å². The number of nitrogens with two attached hydrogens (primary N) is 1. The van der Waals surface area contributed by atoms with Gasteiger partial charge >= 0.3 is 0 Å². The third-order valence-electron chi connectivity index (χ3n) is 4.44. The number of hydrogen-bond acceptors (Lipinski definition) is 4. The summed E-state index contributed by atoms with van der Waals surface area (Å²) in [5.41, 5.74) is 8.38. The molecule has 3 rings (SSSR count). The number of carbonyl (C=O) groups excluding carboxylic acids is 1. The first-order chi connectivity index (χ1) is 10.6. The van der Waals surface area contributed by atoms with Crippen LogP contribution in [0.2, 0.25) is 0 Å². The lowest BCUT2D eigenvalue weighted by atomic mass is 9.98. The number of aromatic nitrogens is 1. The van der Waals surface area contributed by atoms with Gasteiger partial charge in [-0.1, -0.05) is 37.1 Å². The van der Waals surface area contributed by atoms with Crippen LogP contribution in [-0.4, -0.2) is 23.0 Å². The fourth-order valence-corrected chi connectivity index (χ4v) is 3.94. The van der Waals surface area contributed by atoms with Crippen molar-refractivity contribution >= 4 is 17.2 Å². The number of hydrogen-bond donors (Lipinski definition) is 2. The van der Waals surface area contributed by atoms with E-state index in [0.29, 0.717) is 12.2 Å². The minimum atomic E-state index is -0.233. The van der Waals surface area contributed by atoms with Crippen molar-refractivity contribution in [2.24, 2.45) is 5.73 Å². The highest BCUT2D eigenvalue weighted by molar-refractivity contribution is 7.13. The van der Waals surface area contributed by atoms with Gasteiger partial charge in [0.2, 0.25) is 0 Å². The number of thiazole rings is 1. The second-order valence-corrected chi connectivity index (χ2v) is 6.86. The van der Waals surface area contributed by atoms with Gasteiger partial charge in [0.1, 0.15) is 10.7 Å². The Morgan fingerprint density at radius 2 is 2.09 bits per heavy atom. The number of carbonyl (C=O) groups is 1. The van der Waals surface area contributed by atoms with E-state index >= 15 is 0 Å². The van der Waals surface area contributed by atoms with E-state index in [4.69, 9.17) is 5.73 Å². The Balaban J connectivity index is 1.79. The van der Waals surface area contributed by atoms with Crippen LogP contribution >= 0.6 is 11.3 Å². The number of amides is 1. The molecule has 2 aromatic rings. The molecule has 1 aromatic heterocycles. The summed E-state index contributed by atoms with van der Waals surface area (Å²) in [6, 6.07) is 8.09. The second-order valence-electron chi connectivity index (χ2n) is 6.00. The molecule has 0 radical (unpaired) electrons. The molecule has 1 aliphatic carbocycles. The molecule has 0 saturated heterocycles. The van der Waals surface area contributed by atoms with E-state index in [9.17, 15) is 4.79 Å². The van der Waals surface area contributed by atoms with Crippen molar-refractivity contribution < 1.29 is 4.79 Å². The van der Waals surface area contributed by atoms with E-state index < -0.39 is 0 Å². The SMILES string of the molecule is Cc1ccccc1-c1nc(C(=O)NC2(CN)CCCC2)cs1. The maximum absolute atomic E-state index is 12.5. The molecule has 5 heteroatoms. The van der Waals surface area contributed by atoms with Gasteiger partial charge in [-0.25, -0.2) is 4.98 Å². The maximum atomic E-state index is 12.5. The van der Waals surface area contributed by atoms with Crippen molar-refractivity contribution in [1.29, 1.82) is 0 Å². The summed E-state index contributed by atoms with van der Waals surface area (Å²) in [6.07, 6.45) is 4.18. The number of aryl methyl sites for hydroxylation is 1. The average Bonchev–Trinajstić information content (AvgIpc) is 3.17. The molecule has 0 atom stereocenters. The smallest absolute Gasteiger partial charge is 0.271 e. The molecule has 1 aliphatic rings. The Bertz CT molecular complexity index is 674. The lowest BCUT2D eigenvalue weighted by molar-refractivity contribution is 0.0898. The van der Waals surface area contributed by atoms with Crippen LogP contribution in [0.4, 0.5) is 0 Å². The highest BCUT2D eigenvalue weighted by Crippen LogP contribution is 2.30. The summed E-state index contributed by atoms with van der Waals surface area (Å²) >= 11 is 1.51. The van der Waals surface area contributed by atoms with Crippen molar-refractivity contribution in [3.8, 4) is 10.6 Å². The molecule has 0 unspecified atom stereocenters. The van der Waals surface area contributed by atoms with Crippen molar-refractivity contribution in [3.05, 3.63) is 40.9 Å². The van der Waals surface area contributed by atoms with Crippen LogP contribution in [0.15, 0.2) is 29.6 Å². The minimum absolute atomic E-state index is 0.108. The van der Waals surface area contributed by atoms with E-state index in [0.717, 1.165) is 41.8 Å². The zero-order valence-electron chi connectivity index (χ0n) is 12.8. The number of nitrogens with zero attached hydrogens (tertiary/aromatic N) is 1. The molecule has 0 bridgehead atoms. The highest BCUT2D eigenvalue weighted by Gasteiger charge is 2.34. The van der Waals surface area contributed by atoms with Gasteiger partial charge in [-0.05, 0) is 25.3 Å². The number of benzene rings is 1. The molecule has 0 aliphatic heterocycles. The maximum Gasteiger partial charge on any atom is 0.271 e. The standard InChI is InChI=1S/C17H21N3OS/c1-12-6-2-3-7-13(12)16-19-14(10-22-16)15(21)20-17(11-18)8-4-5-9-17/h2-3,6-7,10H,4-5,8-9,11,18H2,1H3,(H,20,21). The minimum Gasteiger partial charge on any atom is -0.344 e. The summed E-state index contributed by atoms with van der Waals surface area (Å²) in [6.45, 7) is 2.55. The molecule has 22 heavy (non-hydrogen) atoms. The van der Waals surface area contributed by atoms with Crippen molar-refractivity contribution in [1.82, 2.24) is 10.3 Å². The second kappa shape index (κ2) is 6.18. The Morgan fingerprint density at radius 3 is 2.77 bits per heavy atom. The molecule has 4 nitrogen and oxygen atoms in total. The third-order valence-corrected chi connectivity index (χ3v) is 5.32. The molecule has 1 heterocycles. The average molecular weight is 315 g/mol. The van der Waals surface area contributed by atoms with Gasteiger partial charge in [0, 0.05) is 17.5 Å². The van der Waals surface area contributed by atoms with Crippen LogP contribution in [0.3, 0.4) is 0 Å². The summed E-state index contributed by atoms with van der Waals surface area (Å²) in [4.78, 5) is 17.0. The van der Waals surface area contributed by atoms with Gasteiger partial charge in [-0.3, -0.25) is 4.79 Å². The molecule has 116 valence electrons. The van der Waals surface area contributed by atoms with Crippen molar-refractivity contribution in [2.45, 2.75) is 38.1 Å². The molecule has 1 saturated carbocycles. The predicted molar refractivity (Wildman–Crippen MR) is 90.0 cm³/mol. The van der Waals surface area contributed by atoms with Crippen LogP contribution in [0.5, 0.6) is 0 Å². The zero-order chi connectivity index (χ0) is 15.6. The molecule has 3 N–H and O–H groups in total. The molecular formula is C17H21N3OS. The Kier molecular flexibility index (Phi) is 4.27. The first kappa shape index (κ1) is 15.2. The summed E-state index contributed by atoms with van der Waals surface area (Å²) < 4.78 is 0. The van der Waals surface area contributed by atoms with Gasteiger partial charge in [0.25, 0.3) is 5.91 Å². The Labute approximate surface area is 134 Å². The van der Waals surface area contributed by atoms with E-state index in [1.165, 1.54) is 11.3 Å². The number of rotatable bonds is 4. The van der Waals surface area contributed by atoms with Gasteiger partial charge in [-0.2, -0.15) is 0 Å². The van der Waals surface area contributed by atoms with Gasteiger partial charge in [0.05, 0.1) is 5.54 Å². The van der Waals surface area contributed by atoms with Gasteiger partial charge in [-0.15, -0.1) is 11.3 Å². The van der Waals surface area contributed by atoms with Crippen LogP contribution in [0.25, 0.3) is 10.6 Å². The summed E-state index contributed by atoms with van der Waals surface area (Å²) in [5.74, 6) is -0.108. The van der Waals surface area contributed by atoms with E-state index in [2.05, 4.69) is 23.3 Å². The van der Waals surface area contributed by atoms with Crippen LogP contribution < -0.4 is 11.1 Å². The topological polar surface area (TPSA) is 68.0 Å². The van der Waals surface area contributed by atoms with Crippen LogP contribution in [0, 0.1) is 6.92 Å². The lowest BCUT2D eigenvalue weighted by Crippen LogP contribution is -2.51. The monoisotopic (exact) mass is 315 g/mol. The number of nitrogens with one attached hydrogen (secondary N) is 1. The predicted octanol–water partition coefficient (Wildman–Crippen LogP) is 3.12. The quantitative estimate of drug-likeness (QED) is 0.911. The lowest BCUT2D eigenvalue weighted by Gasteiger charge is -2.28. The fourth-order valence-electron chi connectivity index (χ4n) is 3.05. The Morgan fingerprint density at radius 1 is 1.36 bits per heavy atom. The normalized spacial score (nSPS) is 16.6. The summed E-state index contributed by atoms with van der Waals surface area (Å²) in [5, 5.41) is 5.83. The first-order valence-corrected chi connectivity index (χ1v) is 8.56. The highest BCUT2D eigenvalue weighted by atomic mass is 32.1. The van der Waals surface area contributed by atoms with Gasteiger partial charge < -0.3 is 11.1 Å². The first-order valence-electron chi connectivity index (χ1n) is 7.68. The molecule has 0 spiro atoms. The van der Waals surface area contributed by atoms with E-state index in [1.807, 2.05) is 23.6 Å². The summed E-state index contributed by atoms with van der Waals surface area (Å²) in [7, 11) is 0. The Hall–Kier alpha value is -1.72. The fraction of sp³-hybridized carbons (Fsp3) is 0.412. The molecule has 1 fully saturated rings. The van der Waals surface area contributed by atoms with Crippen molar-refractivity contribution in [3.63, 3.8) is 0 Å². The third kappa shape index (κ3) is 2.91. The van der Waals surface area contributed by atoms with Crippen molar-refractivity contribution in [2.75, 3.05) is 6.54 Å². The van der Waals surface area contributed by atoms with Crippen LogP contribution in [0.1, 0.15) is 41.7 Å². The molecule has 1 amide bonds. The molecular weight excluding hydrogens is 294 g/mol. The molecule has 1 aromatic carbocycles. The van der Waals surface area contributed by atoms with E-state index in [-0.39, 0.29) is 11.4 Å². The van der Waals surface area contributed by atoms with E-state index in [1.54, 1.807) is 0 Å². The zero-order valence-corrected chi connectivity index (χ0v) is 13.6. The van der Waals surface area contributed by atoms with Gasteiger partial charge in [0.15, 0.2) is 0 Å². The largest absolute Gasteiger partial charge is 0.344 e.